The molecule has 4 rings (SSSR count). The summed E-state index contributed by atoms with van der Waals surface area (Å²) in [6.45, 7) is 6.46. The van der Waals surface area contributed by atoms with Crippen molar-refractivity contribution in [2.75, 3.05) is 19.4 Å². The second kappa shape index (κ2) is 7.61. The van der Waals surface area contributed by atoms with E-state index in [0.717, 1.165) is 23.2 Å². The lowest BCUT2D eigenvalue weighted by Crippen LogP contribution is -2.49. The summed E-state index contributed by atoms with van der Waals surface area (Å²) < 4.78 is 0. The average molecular weight is 441 g/mol. The summed E-state index contributed by atoms with van der Waals surface area (Å²) in [6.07, 6.45) is 4.15. The molecule has 1 aromatic carbocycles. The molecule has 0 saturated carbocycles. The Morgan fingerprint density at radius 3 is 2.48 bits per heavy atom. The monoisotopic (exact) mass is 440 g/mol. The largest absolute Gasteiger partial charge is 0.347 e. The van der Waals surface area contributed by atoms with Crippen LogP contribution in [-0.2, 0) is 15.0 Å². The Labute approximate surface area is 188 Å². The van der Waals surface area contributed by atoms with Gasteiger partial charge in [-0.05, 0) is 47.2 Å². The van der Waals surface area contributed by atoms with Gasteiger partial charge in [0.05, 0.1) is 6.04 Å². The molecule has 2 N–H and O–H groups in total. The number of fused-ring (bicyclic) bond motifs is 2. The minimum atomic E-state index is -0.940. The number of pyridine rings is 1. The molecule has 4 atom stereocenters. The number of carbonyl (C=O) groups excluding carboxylic acids is 2. The molecule has 7 heteroatoms. The Hall–Kier alpha value is -2.44. The van der Waals surface area contributed by atoms with E-state index in [9.17, 15) is 9.59 Å². The van der Waals surface area contributed by atoms with Gasteiger partial charge in [0.15, 0.2) is 0 Å². The molecule has 164 valence electrons. The topological polar surface area (TPSA) is 74.3 Å². The number of nitrogens with one attached hydrogen (secondary N) is 2. The van der Waals surface area contributed by atoms with Gasteiger partial charge in [-0.2, -0.15) is 0 Å². The molecule has 2 amide bonds. The summed E-state index contributed by atoms with van der Waals surface area (Å²) in [6, 6.07) is 8.59. The first-order valence-electron chi connectivity index (χ1n) is 10.5. The van der Waals surface area contributed by atoms with Gasteiger partial charge in [-0.25, -0.2) is 0 Å². The van der Waals surface area contributed by atoms with Crippen molar-refractivity contribution in [3.8, 4) is 0 Å². The maximum atomic E-state index is 13.8. The number of likely N-dealkylation sites (N-methyl/N-ethyl adjacent to an activating group) is 1. The molecule has 0 bridgehead atoms. The van der Waals surface area contributed by atoms with Crippen molar-refractivity contribution in [2.45, 2.75) is 50.6 Å². The second-order valence-electron chi connectivity index (χ2n) is 9.97. The number of amides is 2. The fourth-order valence-corrected chi connectivity index (χ4v) is 5.43. The highest BCUT2D eigenvalue weighted by Crippen LogP contribution is 2.56. The van der Waals surface area contributed by atoms with Gasteiger partial charge in [0.25, 0.3) is 0 Å². The zero-order valence-electron chi connectivity index (χ0n) is 18.6. The van der Waals surface area contributed by atoms with Crippen LogP contribution in [0.1, 0.15) is 44.2 Å². The van der Waals surface area contributed by atoms with E-state index in [1.807, 2.05) is 24.3 Å². The van der Waals surface area contributed by atoms with Crippen molar-refractivity contribution in [3.63, 3.8) is 0 Å². The van der Waals surface area contributed by atoms with E-state index < -0.39 is 11.5 Å². The number of carbonyl (C=O) groups is 2. The number of hydrogen-bond donors (Lipinski definition) is 2. The van der Waals surface area contributed by atoms with Crippen molar-refractivity contribution >= 4 is 29.1 Å². The van der Waals surface area contributed by atoms with E-state index in [1.165, 1.54) is 0 Å². The van der Waals surface area contributed by atoms with Gasteiger partial charge in [-0.15, -0.1) is 0 Å². The van der Waals surface area contributed by atoms with Gasteiger partial charge < -0.3 is 15.5 Å². The molecule has 3 heterocycles. The summed E-state index contributed by atoms with van der Waals surface area (Å²) in [5.74, 6) is -0.532. The van der Waals surface area contributed by atoms with Crippen molar-refractivity contribution in [1.82, 2.24) is 15.2 Å². The zero-order valence-corrected chi connectivity index (χ0v) is 19.3. The Bertz CT molecular complexity index is 1020. The Kier molecular flexibility index (Phi) is 5.34. The third kappa shape index (κ3) is 3.52. The molecule has 0 aliphatic carbocycles. The van der Waals surface area contributed by atoms with Crippen LogP contribution in [0.2, 0.25) is 5.02 Å². The summed E-state index contributed by atoms with van der Waals surface area (Å²) in [5.41, 5.74) is 1.52. The maximum Gasteiger partial charge on any atom is 0.239 e. The molecule has 31 heavy (non-hydrogen) atoms. The molecule has 1 fully saturated rings. The van der Waals surface area contributed by atoms with Crippen molar-refractivity contribution in [1.29, 1.82) is 0 Å². The van der Waals surface area contributed by atoms with E-state index in [4.69, 9.17) is 11.6 Å². The number of rotatable bonds is 3. The van der Waals surface area contributed by atoms with E-state index in [1.54, 1.807) is 37.5 Å². The standard InChI is InChI=1S/C24H29ClN4O2/c1-23(2,3)13-18-24(16-7-6-15(25)12-17(16)27-22(24)31)19(14-8-10-26-11-9-14)20(28-18)21(30)29(4)5/h6-12,18-20,28H,13H2,1-5H3,(H,27,31)/t18-,19+,20-,24+/m1/s1. The number of nitrogens with zero attached hydrogens (tertiary/aromatic N) is 2. The Balaban J connectivity index is 1.99. The van der Waals surface area contributed by atoms with Crippen LogP contribution in [0.25, 0.3) is 0 Å². The smallest absolute Gasteiger partial charge is 0.239 e. The van der Waals surface area contributed by atoms with Gasteiger partial charge in [0.2, 0.25) is 11.8 Å². The summed E-state index contributed by atoms with van der Waals surface area (Å²) in [5, 5.41) is 7.23. The average Bonchev–Trinajstić information content (AvgIpc) is 3.16. The minimum absolute atomic E-state index is 0.0483. The molecular weight excluding hydrogens is 412 g/mol. The maximum absolute atomic E-state index is 13.8. The van der Waals surface area contributed by atoms with Crippen LogP contribution >= 0.6 is 11.6 Å². The van der Waals surface area contributed by atoms with Gasteiger partial charge in [-0.1, -0.05) is 38.4 Å². The third-order valence-electron chi connectivity index (χ3n) is 6.39. The second-order valence-corrected chi connectivity index (χ2v) is 10.4. The molecule has 1 saturated heterocycles. The number of anilines is 1. The number of benzene rings is 1. The quantitative estimate of drug-likeness (QED) is 0.765. The van der Waals surface area contributed by atoms with Crippen LogP contribution in [0, 0.1) is 5.41 Å². The fourth-order valence-electron chi connectivity index (χ4n) is 5.26. The predicted octanol–water partition coefficient (Wildman–Crippen LogP) is 3.57. The molecule has 6 nitrogen and oxygen atoms in total. The van der Waals surface area contributed by atoms with Gasteiger partial charge in [-0.3, -0.25) is 14.6 Å². The number of aromatic nitrogens is 1. The Morgan fingerprint density at radius 2 is 1.87 bits per heavy atom. The van der Waals surface area contributed by atoms with Crippen molar-refractivity contribution in [2.24, 2.45) is 5.41 Å². The predicted molar refractivity (Wildman–Crippen MR) is 122 cm³/mol. The molecule has 2 aliphatic rings. The number of halogens is 1. The summed E-state index contributed by atoms with van der Waals surface area (Å²) in [7, 11) is 3.50. The Morgan fingerprint density at radius 1 is 1.19 bits per heavy atom. The van der Waals surface area contributed by atoms with E-state index in [0.29, 0.717) is 5.02 Å². The molecule has 1 spiro atoms. The first-order valence-corrected chi connectivity index (χ1v) is 10.9. The van der Waals surface area contributed by atoms with Crippen LogP contribution in [-0.4, -0.2) is 47.9 Å². The summed E-state index contributed by atoms with van der Waals surface area (Å²) >= 11 is 6.25. The van der Waals surface area contributed by atoms with E-state index >= 15 is 0 Å². The highest BCUT2D eigenvalue weighted by atomic mass is 35.5. The van der Waals surface area contributed by atoms with E-state index in [-0.39, 0.29) is 29.2 Å². The van der Waals surface area contributed by atoms with Gasteiger partial charge >= 0.3 is 0 Å². The lowest BCUT2D eigenvalue weighted by atomic mass is 9.62. The highest BCUT2D eigenvalue weighted by Gasteiger charge is 2.65. The van der Waals surface area contributed by atoms with Crippen LogP contribution in [0.3, 0.4) is 0 Å². The van der Waals surface area contributed by atoms with Crippen molar-refractivity contribution < 1.29 is 9.59 Å². The molecule has 0 unspecified atom stereocenters. The number of hydrogen-bond acceptors (Lipinski definition) is 4. The first-order chi connectivity index (χ1) is 14.6. The lowest BCUT2D eigenvalue weighted by Gasteiger charge is -2.37. The van der Waals surface area contributed by atoms with E-state index in [2.05, 4.69) is 36.4 Å². The molecular formula is C24H29ClN4O2. The van der Waals surface area contributed by atoms with Crippen molar-refractivity contribution in [3.05, 3.63) is 58.9 Å². The fraction of sp³-hybridized carbons (Fsp3) is 0.458. The van der Waals surface area contributed by atoms with Gasteiger partial charge in [0, 0.05) is 49.2 Å². The highest BCUT2D eigenvalue weighted by molar-refractivity contribution is 6.31. The summed E-state index contributed by atoms with van der Waals surface area (Å²) in [4.78, 5) is 32.9. The SMILES string of the molecule is CN(C)C(=O)[C@@H]1N[C@H](CC(C)(C)C)[C@]2(C(=O)Nc3cc(Cl)ccc32)[C@H]1c1ccncc1. The lowest BCUT2D eigenvalue weighted by molar-refractivity contribution is -0.131. The molecule has 2 aliphatic heterocycles. The third-order valence-corrected chi connectivity index (χ3v) is 6.63. The van der Waals surface area contributed by atoms with Crippen LogP contribution in [0.15, 0.2) is 42.7 Å². The molecule has 2 aromatic rings. The van der Waals surface area contributed by atoms with Crippen LogP contribution in [0.5, 0.6) is 0 Å². The first kappa shape index (κ1) is 21.8. The van der Waals surface area contributed by atoms with Crippen LogP contribution in [0.4, 0.5) is 5.69 Å². The normalized spacial score (nSPS) is 27.3. The molecule has 0 radical (unpaired) electrons. The molecule has 1 aromatic heterocycles. The van der Waals surface area contributed by atoms with Crippen LogP contribution < -0.4 is 10.6 Å². The minimum Gasteiger partial charge on any atom is -0.347 e. The van der Waals surface area contributed by atoms with Gasteiger partial charge in [0.1, 0.15) is 5.41 Å². The zero-order chi connectivity index (χ0) is 22.6.